The Morgan fingerprint density at radius 2 is 1.36 bits per heavy atom. The molecule has 5 nitrogen and oxygen atoms in total. The van der Waals surface area contributed by atoms with Crippen LogP contribution in [0.1, 0.15) is 72.1 Å². The molecule has 0 radical (unpaired) electrons. The third-order valence-electron chi connectivity index (χ3n) is 4.63. The highest BCUT2D eigenvalue weighted by atomic mass is 35.5. The fraction of sp³-hybridized carbons (Fsp3) is 0.944. The molecule has 0 aromatic carbocycles. The molecule has 0 unspecified atom stereocenters. The first-order valence-corrected chi connectivity index (χ1v) is 9.49. The molecule has 0 aromatic heterocycles. The van der Waals surface area contributed by atoms with E-state index in [1.807, 2.05) is 0 Å². The molecule has 0 aliphatic heterocycles. The summed E-state index contributed by atoms with van der Waals surface area (Å²) in [4.78, 5) is 11.4. The second kappa shape index (κ2) is 11.5. The van der Waals surface area contributed by atoms with E-state index in [1.54, 1.807) is 20.8 Å². The minimum absolute atomic E-state index is 0. The Morgan fingerprint density at radius 3 is 1.71 bits per heavy atom. The van der Waals surface area contributed by atoms with Gasteiger partial charge in [0.2, 0.25) is 11.8 Å². The molecular formula is C18H34ClF4N3O2. The van der Waals surface area contributed by atoms with Crippen molar-refractivity contribution >= 4 is 18.4 Å². The number of hydrogen-bond acceptors (Lipinski definition) is 5. The molecule has 2 rings (SSSR count). The van der Waals surface area contributed by atoms with Crippen LogP contribution in [0.2, 0.25) is 0 Å². The highest BCUT2D eigenvalue weighted by Crippen LogP contribution is 2.33. The molecule has 0 spiro atoms. The Hall–Kier alpha value is -0.640. The van der Waals surface area contributed by atoms with E-state index in [4.69, 9.17) is 10.6 Å². The normalized spacial score (nSPS) is 22.4. The van der Waals surface area contributed by atoms with Gasteiger partial charge in [-0.3, -0.25) is 16.1 Å². The lowest BCUT2D eigenvalue weighted by molar-refractivity contribution is -0.153. The van der Waals surface area contributed by atoms with Gasteiger partial charge in [0.25, 0.3) is 0 Å². The van der Waals surface area contributed by atoms with E-state index in [0.717, 1.165) is 0 Å². The molecule has 2 fully saturated rings. The number of nitrogens with one attached hydrogen (secondary N) is 2. The summed E-state index contributed by atoms with van der Waals surface area (Å²) < 4.78 is 55.8. The molecule has 0 heterocycles. The Morgan fingerprint density at radius 1 is 0.964 bits per heavy atom. The van der Waals surface area contributed by atoms with Gasteiger partial charge in [-0.1, -0.05) is 0 Å². The minimum atomic E-state index is -2.52. The van der Waals surface area contributed by atoms with Crippen LogP contribution in [0.15, 0.2) is 0 Å². The standard InChI is InChI=1S/C12H21F2NO2.C6H12F2N2.ClH/c1-11(2,3)17-10(16)8-15-9-4-6-12(13,14)7-5-9;7-6(8)3-1-5(10-9)2-4-6;/h9,15H,4-8H2,1-3H3;5,10H,1-4,9H2;1H. The SMILES string of the molecule is CC(C)(C)OC(=O)CNC1CCC(F)(F)CC1.Cl.NNC1CCC(F)(F)CC1. The Balaban J connectivity index is 0.000000567. The lowest BCUT2D eigenvalue weighted by Crippen LogP contribution is -2.41. The predicted molar refractivity (Wildman–Crippen MR) is 103 cm³/mol. The van der Waals surface area contributed by atoms with E-state index in [-0.39, 0.29) is 62.7 Å². The highest BCUT2D eigenvalue weighted by molar-refractivity contribution is 5.85. The zero-order valence-electron chi connectivity index (χ0n) is 16.8. The lowest BCUT2D eigenvalue weighted by atomic mass is 9.92. The van der Waals surface area contributed by atoms with Crippen molar-refractivity contribution in [2.75, 3.05) is 6.54 Å². The second-order valence-electron chi connectivity index (χ2n) is 8.39. The van der Waals surface area contributed by atoms with Gasteiger partial charge in [-0.25, -0.2) is 17.6 Å². The smallest absolute Gasteiger partial charge is 0.320 e. The van der Waals surface area contributed by atoms with Gasteiger partial charge < -0.3 is 10.1 Å². The fourth-order valence-electron chi connectivity index (χ4n) is 3.06. The first kappa shape index (κ1) is 27.4. The highest BCUT2D eigenvalue weighted by Gasteiger charge is 2.35. The van der Waals surface area contributed by atoms with Gasteiger partial charge in [-0.15, -0.1) is 12.4 Å². The van der Waals surface area contributed by atoms with Gasteiger partial charge in [0, 0.05) is 37.8 Å². The van der Waals surface area contributed by atoms with Crippen molar-refractivity contribution < 1.29 is 27.1 Å². The molecule has 10 heteroatoms. The molecule has 168 valence electrons. The average Bonchev–Trinajstić information content (AvgIpc) is 2.53. The van der Waals surface area contributed by atoms with E-state index < -0.39 is 17.4 Å². The van der Waals surface area contributed by atoms with Crippen molar-refractivity contribution in [1.82, 2.24) is 10.7 Å². The second-order valence-corrected chi connectivity index (χ2v) is 8.39. The number of halogens is 5. The van der Waals surface area contributed by atoms with Crippen LogP contribution in [-0.2, 0) is 9.53 Å². The molecule has 28 heavy (non-hydrogen) atoms. The third-order valence-corrected chi connectivity index (χ3v) is 4.63. The topological polar surface area (TPSA) is 76.4 Å². The van der Waals surface area contributed by atoms with E-state index in [0.29, 0.717) is 25.7 Å². The molecule has 0 bridgehead atoms. The first-order chi connectivity index (χ1) is 12.3. The van der Waals surface area contributed by atoms with Crippen molar-refractivity contribution in [3.63, 3.8) is 0 Å². The lowest BCUT2D eigenvalue weighted by Gasteiger charge is -2.29. The maximum Gasteiger partial charge on any atom is 0.320 e. The van der Waals surface area contributed by atoms with Crippen molar-refractivity contribution in [3.8, 4) is 0 Å². The molecule has 0 aromatic rings. The summed E-state index contributed by atoms with van der Waals surface area (Å²) in [5.41, 5.74) is 2.01. The summed E-state index contributed by atoms with van der Waals surface area (Å²) in [7, 11) is 0. The molecule has 0 atom stereocenters. The van der Waals surface area contributed by atoms with Gasteiger partial charge in [-0.05, 0) is 46.5 Å². The predicted octanol–water partition coefficient (Wildman–Crippen LogP) is 3.95. The number of carbonyl (C=O) groups is 1. The van der Waals surface area contributed by atoms with Gasteiger partial charge >= 0.3 is 5.97 Å². The summed E-state index contributed by atoms with van der Waals surface area (Å²) in [5.74, 6) is -0.202. The van der Waals surface area contributed by atoms with Crippen LogP contribution in [0, 0.1) is 0 Å². The van der Waals surface area contributed by atoms with Gasteiger partial charge in [0.15, 0.2) is 0 Å². The molecular weight excluding hydrogens is 402 g/mol. The van der Waals surface area contributed by atoms with E-state index >= 15 is 0 Å². The number of alkyl halides is 4. The summed E-state index contributed by atoms with van der Waals surface area (Å²) in [6.45, 7) is 5.48. The monoisotopic (exact) mass is 435 g/mol. The first-order valence-electron chi connectivity index (χ1n) is 9.49. The molecule has 2 saturated carbocycles. The van der Waals surface area contributed by atoms with Crippen LogP contribution in [0.3, 0.4) is 0 Å². The van der Waals surface area contributed by atoms with Crippen LogP contribution in [0.25, 0.3) is 0 Å². The minimum Gasteiger partial charge on any atom is -0.459 e. The number of ether oxygens (including phenoxy) is 1. The number of hydrogen-bond donors (Lipinski definition) is 3. The average molecular weight is 436 g/mol. The van der Waals surface area contributed by atoms with Gasteiger partial charge in [-0.2, -0.15) is 0 Å². The van der Waals surface area contributed by atoms with Crippen molar-refractivity contribution in [3.05, 3.63) is 0 Å². The summed E-state index contributed by atoms with van der Waals surface area (Å²) in [6.07, 6.45) is 1.56. The maximum absolute atomic E-state index is 12.9. The van der Waals surface area contributed by atoms with E-state index in [2.05, 4.69) is 10.7 Å². The van der Waals surface area contributed by atoms with Crippen LogP contribution in [0.5, 0.6) is 0 Å². The van der Waals surface area contributed by atoms with Gasteiger partial charge in [0.1, 0.15) is 5.60 Å². The van der Waals surface area contributed by atoms with Crippen LogP contribution < -0.4 is 16.6 Å². The Labute approximate surface area is 170 Å². The zero-order valence-corrected chi connectivity index (χ0v) is 17.6. The molecule has 2 aliphatic rings. The van der Waals surface area contributed by atoms with Crippen molar-refractivity contribution in [1.29, 1.82) is 0 Å². The maximum atomic E-state index is 12.9. The van der Waals surface area contributed by atoms with Gasteiger partial charge in [0.05, 0.1) is 6.54 Å². The molecule has 0 saturated heterocycles. The summed E-state index contributed by atoms with van der Waals surface area (Å²) in [5, 5.41) is 2.97. The summed E-state index contributed by atoms with van der Waals surface area (Å²) in [6, 6.07) is 0.0989. The quantitative estimate of drug-likeness (QED) is 0.270. The van der Waals surface area contributed by atoms with E-state index in [1.165, 1.54) is 0 Å². The fourth-order valence-corrected chi connectivity index (χ4v) is 3.06. The Kier molecular flexibility index (Phi) is 11.3. The van der Waals surface area contributed by atoms with Crippen molar-refractivity contribution in [2.24, 2.45) is 5.84 Å². The number of rotatable bonds is 4. The van der Waals surface area contributed by atoms with Crippen molar-refractivity contribution in [2.45, 2.75) is 102 Å². The van der Waals surface area contributed by atoms with Crippen LogP contribution >= 0.6 is 12.4 Å². The number of nitrogens with two attached hydrogens (primary N) is 1. The third kappa shape index (κ3) is 12.0. The summed E-state index contributed by atoms with van der Waals surface area (Å²) >= 11 is 0. The molecule has 0 amide bonds. The number of hydrazine groups is 1. The Bertz CT molecular complexity index is 456. The molecule has 4 N–H and O–H groups in total. The molecule has 2 aliphatic carbocycles. The number of carbonyl (C=O) groups excluding carboxylic acids is 1. The zero-order chi connectivity index (χ0) is 20.7. The van der Waals surface area contributed by atoms with Crippen LogP contribution in [0.4, 0.5) is 17.6 Å². The van der Waals surface area contributed by atoms with E-state index in [9.17, 15) is 22.4 Å². The number of esters is 1. The van der Waals surface area contributed by atoms with Crippen LogP contribution in [-0.4, -0.2) is 42.0 Å². The largest absolute Gasteiger partial charge is 0.459 e.